The summed E-state index contributed by atoms with van der Waals surface area (Å²) in [6.45, 7) is 9.24. The summed E-state index contributed by atoms with van der Waals surface area (Å²) in [5.41, 5.74) is 6.26. The van der Waals surface area contributed by atoms with Crippen LogP contribution in [-0.2, 0) is 22.6 Å². The molecule has 1 amide bonds. The summed E-state index contributed by atoms with van der Waals surface area (Å²) in [5, 5.41) is 16.0. The van der Waals surface area contributed by atoms with Gasteiger partial charge in [-0.25, -0.2) is 5.01 Å². The van der Waals surface area contributed by atoms with E-state index < -0.39 is 23.6 Å². The first-order valence-electron chi connectivity index (χ1n) is 14.6. The Morgan fingerprint density at radius 3 is 2.33 bits per heavy atom. The third-order valence-corrected chi connectivity index (χ3v) is 7.02. The Morgan fingerprint density at radius 1 is 1.05 bits per heavy atom. The first-order chi connectivity index (χ1) is 20.1. The highest BCUT2D eigenvalue weighted by Gasteiger charge is 2.34. The number of aliphatic hydroxyl groups excluding tert-OH is 1. The number of pyridine rings is 1. The number of hydroxylamine groups is 1. The molecule has 9 heteroatoms. The first-order valence-corrected chi connectivity index (χ1v) is 14.6. The summed E-state index contributed by atoms with van der Waals surface area (Å²) in [4.78, 5) is 22.9. The highest BCUT2D eigenvalue weighted by atomic mass is 16.6. The van der Waals surface area contributed by atoms with E-state index in [1.165, 1.54) is 7.11 Å². The SMILES string of the molecule is CCCCOc1ccc(CC(NC(=O)C(NOC)C(C)(C)C)C(O)CN(N)Cc2ccc(-c3ccccn3)cc2)cc1. The first kappa shape index (κ1) is 33.2. The van der Waals surface area contributed by atoms with E-state index in [-0.39, 0.29) is 12.5 Å². The number of amides is 1. The highest BCUT2D eigenvalue weighted by molar-refractivity contribution is 5.82. The van der Waals surface area contributed by atoms with E-state index in [0.29, 0.717) is 19.6 Å². The Kier molecular flexibility index (Phi) is 12.9. The molecule has 0 fully saturated rings. The monoisotopic (exact) mass is 577 g/mol. The number of nitrogens with one attached hydrogen (secondary N) is 2. The lowest BCUT2D eigenvalue weighted by atomic mass is 9.86. The van der Waals surface area contributed by atoms with Crippen LogP contribution < -0.4 is 21.4 Å². The molecule has 3 unspecified atom stereocenters. The molecule has 0 aliphatic carbocycles. The lowest BCUT2D eigenvalue weighted by Gasteiger charge is -2.33. The Bertz CT molecular complexity index is 1200. The molecule has 0 spiro atoms. The Balaban J connectivity index is 1.70. The molecule has 1 heterocycles. The van der Waals surface area contributed by atoms with Crippen LogP contribution in [0.3, 0.4) is 0 Å². The Labute approximate surface area is 250 Å². The number of hydrogen-bond donors (Lipinski definition) is 4. The number of nitrogens with two attached hydrogens (primary N) is 1. The fraction of sp³-hybridized carbons (Fsp3) is 0.455. The van der Waals surface area contributed by atoms with E-state index in [0.717, 1.165) is 41.0 Å². The fourth-order valence-corrected chi connectivity index (χ4v) is 4.58. The fourth-order valence-electron chi connectivity index (χ4n) is 4.58. The van der Waals surface area contributed by atoms with E-state index in [2.05, 4.69) is 22.7 Å². The molecular weight excluding hydrogens is 530 g/mol. The smallest absolute Gasteiger partial charge is 0.240 e. The molecule has 0 saturated heterocycles. The quantitative estimate of drug-likeness (QED) is 0.113. The average molecular weight is 578 g/mol. The van der Waals surface area contributed by atoms with Gasteiger partial charge in [0, 0.05) is 24.8 Å². The van der Waals surface area contributed by atoms with Crippen molar-refractivity contribution in [1.82, 2.24) is 20.8 Å². The molecular formula is C33H47N5O4. The number of hydrazine groups is 1. The maximum atomic E-state index is 13.4. The van der Waals surface area contributed by atoms with Crippen LogP contribution in [0.15, 0.2) is 72.9 Å². The second kappa shape index (κ2) is 16.3. The molecule has 2 aromatic carbocycles. The van der Waals surface area contributed by atoms with Gasteiger partial charge in [-0.15, -0.1) is 0 Å². The van der Waals surface area contributed by atoms with E-state index >= 15 is 0 Å². The topological polar surface area (TPSA) is 122 Å². The van der Waals surface area contributed by atoms with Gasteiger partial charge >= 0.3 is 0 Å². The van der Waals surface area contributed by atoms with Gasteiger partial charge in [0.25, 0.3) is 0 Å². The largest absolute Gasteiger partial charge is 0.494 e. The van der Waals surface area contributed by atoms with Gasteiger partial charge < -0.3 is 20.0 Å². The molecule has 3 aromatic rings. The standard InChI is InChI=1S/C33H47N5O4/c1-6-7-20-42-27-17-13-24(14-18-27)21-29(36-32(40)31(37-41-5)33(2,3)4)30(39)23-38(34)22-25-11-15-26(16-12-25)28-10-8-9-19-35-28/h8-19,29-31,37,39H,6-7,20-23,34H2,1-5H3,(H,36,40). The Morgan fingerprint density at radius 2 is 1.74 bits per heavy atom. The van der Waals surface area contributed by atoms with Crippen molar-refractivity contribution in [2.24, 2.45) is 11.3 Å². The van der Waals surface area contributed by atoms with Crippen molar-refractivity contribution in [3.05, 3.63) is 84.1 Å². The molecule has 42 heavy (non-hydrogen) atoms. The zero-order valence-electron chi connectivity index (χ0n) is 25.5. The number of aliphatic hydroxyl groups is 1. The summed E-state index contributed by atoms with van der Waals surface area (Å²) in [6.07, 6.45) is 3.32. The average Bonchev–Trinajstić information content (AvgIpc) is 2.96. The predicted molar refractivity (Wildman–Crippen MR) is 166 cm³/mol. The van der Waals surface area contributed by atoms with Crippen molar-refractivity contribution >= 4 is 5.91 Å². The molecule has 0 aliphatic heterocycles. The number of carbonyl (C=O) groups excluding carboxylic acids is 1. The van der Waals surface area contributed by atoms with Gasteiger partial charge in [0.2, 0.25) is 5.91 Å². The lowest BCUT2D eigenvalue weighted by Crippen LogP contribution is -2.57. The Hall–Kier alpha value is -3.34. The zero-order valence-corrected chi connectivity index (χ0v) is 25.5. The summed E-state index contributed by atoms with van der Waals surface area (Å²) < 4.78 is 5.79. The molecule has 0 bridgehead atoms. The van der Waals surface area contributed by atoms with Crippen molar-refractivity contribution < 1.29 is 19.5 Å². The third-order valence-electron chi connectivity index (χ3n) is 7.02. The minimum atomic E-state index is -0.935. The molecule has 9 nitrogen and oxygen atoms in total. The second-order valence-corrected chi connectivity index (χ2v) is 11.7. The minimum absolute atomic E-state index is 0.156. The predicted octanol–water partition coefficient (Wildman–Crippen LogP) is 4.26. The third kappa shape index (κ3) is 10.5. The maximum absolute atomic E-state index is 13.4. The van der Waals surface area contributed by atoms with Crippen LogP contribution in [0.4, 0.5) is 0 Å². The van der Waals surface area contributed by atoms with Gasteiger partial charge in [-0.05, 0) is 53.6 Å². The number of aromatic nitrogens is 1. The van der Waals surface area contributed by atoms with Crippen molar-refractivity contribution in [3.63, 3.8) is 0 Å². The van der Waals surface area contributed by atoms with Gasteiger partial charge in [0.15, 0.2) is 0 Å². The molecule has 3 rings (SSSR count). The molecule has 5 N–H and O–H groups in total. The van der Waals surface area contributed by atoms with Crippen LogP contribution in [0.5, 0.6) is 5.75 Å². The van der Waals surface area contributed by atoms with Gasteiger partial charge in [-0.2, -0.15) is 5.48 Å². The number of rotatable bonds is 16. The van der Waals surface area contributed by atoms with Crippen molar-refractivity contribution in [3.8, 4) is 17.0 Å². The summed E-state index contributed by atoms with van der Waals surface area (Å²) in [7, 11) is 1.48. The number of carbonyl (C=O) groups is 1. The molecule has 228 valence electrons. The van der Waals surface area contributed by atoms with Crippen LogP contribution in [-0.4, -0.2) is 59.5 Å². The lowest BCUT2D eigenvalue weighted by molar-refractivity contribution is -0.132. The second-order valence-electron chi connectivity index (χ2n) is 11.7. The van der Waals surface area contributed by atoms with Crippen molar-refractivity contribution in [2.75, 3.05) is 20.3 Å². The van der Waals surface area contributed by atoms with Gasteiger partial charge in [-0.3, -0.25) is 15.6 Å². The van der Waals surface area contributed by atoms with Crippen LogP contribution in [0.1, 0.15) is 51.7 Å². The molecule has 1 aromatic heterocycles. The summed E-state index contributed by atoms with van der Waals surface area (Å²) in [6, 6.07) is 20.4. The number of unbranched alkanes of at least 4 members (excludes halogenated alkanes) is 1. The van der Waals surface area contributed by atoms with Crippen LogP contribution >= 0.6 is 0 Å². The van der Waals surface area contributed by atoms with E-state index in [1.807, 2.05) is 87.5 Å². The van der Waals surface area contributed by atoms with Gasteiger partial charge in [-0.1, -0.05) is 76.6 Å². The highest BCUT2D eigenvalue weighted by Crippen LogP contribution is 2.21. The zero-order chi connectivity index (χ0) is 30.5. The van der Waals surface area contributed by atoms with E-state index in [4.69, 9.17) is 15.4 Å². The molecule has 0 aliphatic rings. The number of benzene rings is 2. The molecule has 0 saturated carbocycles. The number of ether oxygens (including phenoxy) is 1. The summed E-state index contributed by atoms with van der Waals surface area (Å²) >= 11 is 0. The van der Waals surface area contributed by atoms with Crippen LogP contribution in [0.25, 0.3) is 11.3 Å². The van der Waals surface area contributed by atoms with E-state index in [1.54, 1.807) is 11.2 Å². The van der Waals surface area contributed by atoms with Crippen LogP contribution in [0, 0.1) is 5.41 Å². The summed E-state index contributed by atoms with van der Waals surface area (Å²) in [5.74, 6) is 6.91. The van der Waals surface area contributed by atoms with E-state index in [9.17, 15) is 9.90 Å². The number of nitrogens with zero attached hydrogens (tertiary/aromatic N) is 2. The normalized spacial score (nSPS) is 13.9. The van der Waals surface area contributed by atoms with Gasteiger partial charge in [0.05, 0.1) is 31.6 Å². The molecule has 0 radical (unpaired) electrons. The van der Waals surface area contributed by atoms with Crippen LogP contribution in [0.2, 0.25) is 0 Å². The van der Waals surface area contributed by atoms with Crippen molar-refractivity contribution in [1.29, 1.82) is 0 Å². The molecule has 3 atom stereocenters. The number of hydrogen-bond acceptors (Lipinski definition) is 8. The van der Waals surface area contributed by atoms with Crippen molar-refractivity contribution in [2.45, 2.75) is 71.7 Å². The minimum Gasteiger partial charge on any atom is -0.494 e. The van der Waals surface area contributed by atoms with Gasteiger partial charge in [0.1, 0.15) is 11.8 Å². The maximum Gasteiger partial charge on any atom is 0.240 e.